The molecule has 0 amide bonds. The average Bonchev–Trinajstić information content (AvgIpc) is 2.62. The maximum Gasteiger partial charge on any atom is 0.106 e. The average molecular weight is 246 g/mol. The zero-order chi connectivity index (χ0) is 12.6. The highest BCUT2D eigenvalue weighted by molar-refractivity contribution is 7.10. The molecule has 1 unspecified atom stereocenters. The van der Waals surface area contributed by atoms with Gasteiger partial charge in [-0.3, -0.25) is 0 Å². The van der Waals surface area contributed by atoms with Gasteiger partial charge in [0.2, 0.25) is 0 Å². The highest BCUT2D eigenvalue weighted by Gasteiger charge is 2.18. The fraction of sp³-hybridized carbons (Fsp3) is 0.333. The highest BCUT2D eigenvalue weighted by atomic mass is 32.1. The van der Waals surface area contributed by atoms with Crippen LogP contribution in [0.3, 0.4) is 0 Å². The van der Waals surface area contributed by atoms with Crippen LogP contribution in [-0.2, 0) is 0 Å². The van der Waals surface area contributed by atoms with Gasteiger partial charge in [-0.1, -0.05) is 17.7 Å². The van der Waals surface area contributed by atoms with Crippen molar-refractivity contribution in [3.8, 4) is 0 Å². The number of rotatable bonds is 2. The molecule has 0 aliphatic heterocycles. The van der Waals surface area contributed by atoms with Gasteiger partial charge in [0.1, 0.15) is 6.10 Å². The van der Waals surface area contributed by atoms with E-state index in [1.807, 2.05) is 11.4 Å². The van der Waals surface area contributed by atoms with Crippen molar-refractivity contribution in [3.63, 3.8) is 0 Å². The molecule has 90 valence electrons. The summed E-state index contributed by atoms with van der Waals surface area (Å²) in [5, 5.41) is 12.6. The SMILES string of the molecule is Cc1cc(C)c(C(O)c2ccsc2C)c(C)c1. The van der Waals surface area contributed by atoms with Crippen LogP contribution in [0.4, 0.5) is 0 Å². The van der Waals surface area contributed by atoms with Gasteiger partial charge < -0.3 is 5.11 Å². The summed E-state index contributed by atoms with van der Waals surface area (Å²) in [6, 6.07) is 6.28. The van der Waals surface area contributed by atoms with Gasteiger partial charge in [0.25, 0.3) is 0 Å². The Kier molecular flexibility index (Phi) is 3.36. The normalized spacial score (nSPS) is 12.8. The van der Waals surface area contributed by atoms with Crippen molar-refractivity contribution < 1.29 is 5.11 Å². The Morgan fingerprint density at radius 1 is 1.06 bits per heavy atom. The van der Waals surface area contributed by atoms with Gasteiger partial charge in [-0.2, -0.15) is 0 Å². The molecule has 1 nitrogen and oxygen atoms in total. The molecule has 1 aromatic heterocycles. The first-order valence-electron chi connectivity index (χ1n) is 5.80. The van der Waals surface area contributed by atoms with Crippen LogP contribution >= 0.6 is 11.3 Å². The quantitative estimate of drug-likeness (QED) is 0.847. The molecule has 0 aliphatic carbocycles. The Hall–Kier alpha value is -1.12. The van der Waals surface area contributed by atoms with Gasteiger partial charge in [0.05, 0.1) is 0 Å². The fourth-order valence-electron chi connectivity index (χ4n) is 2.46. The molecule has 0 saturated heterocycles. The Bertz CT molecular complexity index is 517. The molecule has 17 heavy (non-hydrogen) atoms. The standard InChI is InChI=1S/C15H18OS/c1-9-7-10(2)14(11(3)8-9)15(16)13-5-6-17-12(13)4/h5-8,15-16H,1-4H3. The minimum Gasteiger partial charge on any atom is -0.384 e. The van der Waals surface area contributed by atoms with Gasteiger partial charge in [-0.15, -0.1) is 11.3 Å². The van der Waals surface area contributed by atoms with Crippen molar-refractivity contribution in [2.24, 2.45) is 0 Å². The van der Waals surface area contributed by atoms with E-state index in [9.17, 15) is 5.11 Å². The van der Waals surface area contributed by atoms with Gasteiger partial charge in [0.15, 0.2) is 0 Å². The molecule has 2 heteroatoms. The van der Waals surface area contributed by atoms with Crippen LogP contribution in [-0.4, -0.2) is 5.11 Å². The van der Waals surface area contributed by atoms with Crippen molar-refractivity contribution in [2.75, 3.05) is 0 Å². The Morgan fingerprint density at radius 2 is 1.65 bits per heavy atom. The molecule has 1 heterocycles. The first-order valence-corrected chi connectivity index (χ1v) is 6.68. The van der Waals surface area contributed by atoms with E-state index in [2.05, 4.69) is 39.8 Å². The van der Waals surface area contributed by atoms with Crippen LogP contribution in [0.5, 0.6) is 0 Å². The summed E-state index contributed by atoms with van der Waals surface area (Å²) in [6.45, 7) is 8.29. The lowest BCUT2D eigenvalue weighted by Gasteiger charge is -2.17. The van der Waals surface area contributed by atoms with Crippen molar-refractivity contribution in [1.29, 1.82) is 0 Å². The van der Waals surface area contributed by atoms with E-state index in [0.29, 0.717) is 0 Å². The van der Waals surface area contributed by atoms with Crippen LogP contribution in [0.1, 0.15) is 38.8 Å². The molecule has 1 atom stereocenters. The summed E-state index contributed by atoms with van der Waals surface area (Å²) in [7, 11) is 0. The lowest BCUT2D eigenvalue weighted by atomic mass is 9.92. The maximum absolute atomic E-state index is 10.5. The van der Waals surface area contributed by atoms with E-state index in [-0.39, 0.29) is 0 Å². The van der Waals surface area contributed by atoms with Gasteiger partial charge in [-0.25, -0.2) is 0 Å². The molecule has 0 bridgehead atoms. The molecular weight excluding hydrogens is 228 g/mol. The van der Waals surface area contributed by atoms with E-state index < -0.39 is 6.10 Å². The number of benzene rings is 1. The van der Waals surface area contributed by atoms with E-state index in [4.69, 9.17) is 0 Å². The summed E-state index contributed by atoms with van der Waals surface area (Å²) in [6.07, 6.45) is -0.498. The van der Waals surface area contributed by atoms with Crippen LogP contribution in [0.15, 0.2) is 23.6 Å². The lowest BCUT2D eigenvalue weighted by molar-refractivity contribution is 0.218. The Balaban J connectivity index is 2.51. The van der Waals surface area contributed by atoms with E-state index in [1.165, 1.54) is 21.6 Å². The lowest BCUT2D eigenvalue weighted by Crippen LogP contribution is -2.05. The second-order valence-corrected chi connectivity index (χ2v) is 5.77. The first-order chi connectivity index (χ1) is 8.00. The largest absolute Gasteiger partial charge is 0.384 e. The van der Waals surface area contributed by atoms with Crippen LogP contribution in [0, 0.1) is 27.7 Å². The Labute approximate surface area is 107 Å². The van der Waals surface area contributed by atoms with Crippen LogP contribution in [0.25, 0.3) is 0 Å². The van der Waals surface area contributed by atoms with Crippen LogP contribution < -0.4 is 0 Å². The molecule has 0 saturated carbocycles. The third-order valence-electron chi connectivity index (χ3n) is 3.21. The van der Waals surface area contributed by atoms with Crippen molar-refractivity contribution in [2.45, 2.75) is 33.8 Å². The zero-order valence-electron chi connectivity index (χ0n) is 10.7. The predicted octanol–water partition coefficient (Wildman–Crippen LogP) is 4.06. The third-order valence-corrected chi connectivity index (χ3v) is 4.07. The molecule has 2 aromatic rings. The number of hydrogen-bond donors (Lipinski definition) is 1. The summed E-state index contributed by atoms with van der Waals surface area (Å²) >= 11 is 1.68. The van der Waals surface area contributed by atoms with Gasteiger partial charge in [-0.05, 0) is 61.4 Å². The number of aliphatic hydroxyl groups is 1. The molecule has 1 N–H and O–H groups in total. The molecule has 0 aliphatic rings. The monoisotopic (exact) mass is 246 g/mol. The van der Waals surface area contributed by atoms with E-state index in [0.717, 1.165) is 11.1 Å². The number of aliphatic hydroxyl groups excluding tert-OH is 1. The smallest absolute Gasteiger partial charge is 0.106 e. The minimum absolute atomic E-state index is 0.498. The molecule has 1 aromatic carbocycles. The highest BCUT2D eigenvalue weighted by Crippen LogP contribution is 2.32. The van der Waals surface area contributed by atoms with Gasteiger partial charge >= 0.3 is 0 Å². The third kappa shape index (κ3) is 2.28. The van der Waals surface area contributed by atoms with Crippen molar-refractivity contribution in [3.05, 3.63) is 56.3 Å². The van der Waals surface area contributed by atoms with Crippen LogP contribution in [0.2, 0.25) is 0 Å². The molecule has 0 spiro atoms. The fourth-order valence-corrected chi connectivity index (χ4v) is 3.19. The maximum atomic E-state index is 10.5. The molecule has 0 radical (unpaired) electrons. The summed E-state index contributed by atoms with van der Waals surface area (Å²) in [5.74, 6) is 0. The minimum atomic E-state index is -0.498. The molecular formula is C15H18OS. The number of aryl methyl sites for hydroxylation is 4. The Morgan fingerprint density at radius 3 is 2.12 bits per heavy atom. The summed E-state index contributed by atoms with van der Waals surface area (Å²) in [5.41, 5.74) is 5.67. The van der Waals surface area contributed by atoms with E-state index in [1.54, 1.807) is 11.3 Å². The van der Waals surface area contributed by atoms with E-state index >= 15 is 0 Å². The van der Waals surface area contributed by atoms with Crippen molar-refractivity contribution in [1.82, 2.24) is 0 Å². The second-order valence-electron chi connectivity index (χ2n) is 4.65. The number of hydrogen-bond acceptors (Lipinski definition) is 2. The molecule has 2 rings (SSSR count). The second kappa shape index (κ2) is 4.63. The van der Waals surface area contributed by atoms with Gasteiger partial charge in [0, 0.05) is 4.88 Å². The summed E-state index contributed by atoms with van der Waals surface area (Å²) in [4.78, 5) is 1.19. The molecule has 0 fully saturated rings. The first kappa shape index (κ1) is 12.3. The van der Waals surface area contributed by atoms with Crippen molar-refractivity contribution >= 4 is 11.3 Å². The predicted molar refractivity (Wildman–Crippen MR) is 73.8 cm³/mol. The zero-order valence-corrected chi connectivity index (χ0v) is 11.6. The number of thiophene rings is 1. The topological polar surface area (TPSA) is 20.2 Å². The summed E-state index contributed by atoms with van der Waals surface area (Å²) < 4.78 is 0.